The van der Waals surface area contributed by atoms with Crippen LogP contribution in [0.2, 0.25) is 0 Å². The Morgan fingerprint density at radius 1 is 1.04 bits per heavy atom. The average molecular weight is 378 g/mol. The van der Waals surface area contributed by atoms with Crippen LogP contribution < -0.4 is 9.88 Å². The zero-order chi connectivity index (χ0) is 20.0. The second-order valence-corrected chi connectivity index (χ2v) is 7.72. The fourth-order valence-electron chi connectivity index (χ4n) is 4.14. The molecule has 1 atom stereocenters. The van der Waals surface area contributed by atoms with E-state index in [2.05, 4.69) is 48.3 Å². The van der Waals surface area contributed by atoms with Gasteiger partial charge in [-0.15, -0.1) is 0 Å². The van der Waals surface area contributed by atoms with E-state index in [-0.39, 0.29) is 11.8 Å². The van der Waals surface area contributed by atoms with Crippen molar-refractivity contribution in [3.63, 3.8) is 0 Å². The number of nitrogens with one attached hydrogen (secondary N) is 3. The van der Waals surface area contributed by atoms with Gasteiger partial charge in [-0.2, -0.15) is 0 Å². The van der Waals surface area contributed by atoms with Gasteiger partial charge in [-0.3, -0.25) is 9.78 Å². The third kappa shape index (κ3) is 4.07. The normalized spacial score (nSPS) is 12.9. The first-order valence-corrected chi connectivity index (χ1v) is 10.1. The molecule has 3 aromatic rings. The summed E-state index contributed by atoms with van der Waals surface area (Å²) >= 11 is 0. The smallest absolute Gasteiger partial charge is 0.239 e. The van der Waals surface area contributed by atoms with Crippen molar-refractivity contribution in [1.82, 2.24) is 4.98 Å². The molecule has 28 heavy (non-hydrogen) atoms. The molecule has 3 N–H and O–H groups in total. The van der Waals surface area contributed by atoms with Crippen molar-refractivity contribution in [1.29, 1.82) is 0 Å². The minimum absolute atomic E-state index is 0.272. The molecule has 4 heteroatoms. The molecule has 0 fully saturated rings. The molecule has 0 saturated heterocycles. The van der Waals surface area contributed by atoms with Crippen LogP contribution in [0.4, 0.5) is 0 Å². The lowest BCUT2D eigenvalue weighted by Gasteiger charge is -2.37. The molecule has 0 unspecified atom stereocenters. The molecule has 0 radical (unpaired) electrons. The SMILES string of the molecule is CCC(=O)C(C[C@H](Cc1c[nH+]c[nH]1)[NH+](C)C)(c1ccccc1)c1ccccc1. The zero-order valence-corrected chi connectivity index (χ0v) is 17.0. The van der Waals surface area contributed by atoms with E-state index in [0.29, 0.717) is 6.42 Å². The Balaban J connectivity index is 2.12. The van der Waals surface area contributed by atoms with Gasteiger partial charge in [-0.05, 0) is 11.1 Å². The summed E-state index contributed by atoms with van der Waals surface area (Å²) in [5.74, 6) is 0.272. The van der Waals surface area contributed by atoms with E-state index < -0.39 is 5.41 Å². The predicted molar refractivity (Wildman–Crippen MR) is 111 cm³/mol. The highest BCUT2D eigenvalue weighted by Gasteiger charge is 2.44. The van der Waals surface area contributed by atoms with Gasteiger partial charge < -0.3 is 4.90 Å². The topological polar surface area (TPSA) is 51.4 Å². The monoisotopic (exact) mass is 377 g/mol. The van der Waals surface area contributed by atoms with Crippen LogP contribution >= 0.6 is 0 Å². The van der Waals surface area contributed by atoms with Crippen molar-refractivity contribution in [3.05, 3.63) is 90.0 Å². The maximum atomic E-state index is 13.6. The minimum atomic E-state index is -0.643. The van der Waals surface area contributed by atoms with Gasteiger partial charge in [0.15, 0.2) is 0 Å². The summed E-state index contributed by atoms with van der Waals surface area (Å²) in [5.41, 5.74) is 2.68. The van der Waals surface area contributed by atoms with E-state index in [4.69, 9.17) is 0 Å². The third-order valence-corrected chi connectivity index (χ3v) is 5.76. The number of hydrogen-bond acceptors (Lipinski definition) is 1. The van der Waals surface area contributed by atoms with Crippen molar-refractivity contribution in [3.8, 4) is 0 Å². The van der Waals surface area contributed by atoms with E-state index in [1.54, 1.807) is 0 Å². The van der Waals surface area contributed by atoms with Gasteiger partial charge in [-0.1, -0.05) is 67.6 Å². The molecule has 2 aromatic carbocycles. The summed E-state index contributed by atoms with van der Waals surface area (Å²) in [7, 11) is 4.35. The van der Waals surface area contributed by atoms with E-state index >= 15 is 0 Å². The van der Waals surface area contributed by atoms with Crippen LogP contribution in [0.15, 0.2) is 73.2 Å². The van der Waals surface area contributed by atoms with Crippen molar-refractivity contribution in [2.45, 2.75) is 37.6 Å². The standard InChI is InChI=1S/C24H29N3O/c1-4-23(28)24(19-11-7-5-8-12-19,20-13-9-6-10-14-20)16-22(27(2)3)15-21-17-25-18-26-21/h5-14,17-18,22H,4,15-16H2,1-3H3,(H,25,26)/p+2/t22-/m0/s1. The molecule has 0 aliphatic rings. The largest absolute Gasteiger partial charge is 0.337 e. The number of ketones is 1. The first-order chi connectivity index (χ1) is 13.6. The zero-order valence-electron chi connectivity index (χ0n) is 17.0. The molecule has 0 spiro atoms. The Morgan fingerprint density at radius 3 is 2.04 bits per heavy atom. The van der Waals surface area contributed by atoms with Gasteiger partial charge in [0.05, 0.1) is 32.0 Å². The third-order valence-electron chi connectivity index (χ3n) is 5.76. The van der Waals surface area contributed by atoms with Crippen molar-refractivity contribution >= 4 is 5.78 Å². The fraction of sp³-hybridized carbons (Fsp3) is 0.333. The summed E-state index contributed by atoms with van der Waals surface area (Å²) in [6, 6.07) is 20.9. The molecule has 1 heterocycles. The Kier molecular flexibility index (Phi) is 6.42. The van der Waals surface area contributed by atoms with Crippen LogP contribution in [-0.2, 0) is 16.6 Å². The molecule has 3 rings (SSSR count). The highest BCUT2D eigenvalue weighted by atomic mass is 16.1. The molecule has 0 bridgehead atoms. The Labute approximate surface area is 167 Å². The highest BCUT2D eigenvalue weighted by Crippen LogP contribution is 2.38. The van der Waals surface area contributed by atoms with Crippen molar-refractivity contribution in [2.75, 3.05) is 14.1 Å². The number of hydrogen-bond donors (Lipinski definition) is 2. The number of Topliss-reactive ketones (excluding diaryl/α,β-unsaturated/α-hetero) is 1. The molecule has 0 saturated carbocycles. The Morgan fingerprint density at radius 2 is 1.61 bits per heavy atom. The van der Waals surface area contributed by atoms with Gasteiger partial charge in [0.25, 0.3) is 0 Å². The van der Waals surface area contributed by atoms with Gasteiger partial charge >= 0.3 is 0 Å². The minimum Gasteiger partial charge on any atom is -0.337 e. The predicted octanol–water partition coefficient (Wildman–Crippen LogP) is 2.24. The Hall–Kier alpha value is -2.72. The second kappa shape index (κ2) is 8.98. The number of H-pyrrole nitrogens is 2. The van der Waals surface area contributed by atoms with Gasteiger partial charge in [-0.25, -0.2) is 4.98 Å². The number of quaternary nitrogens is 1. The van der Waals surface area contributed by atoms with Crippen LogP contribution in [-0.4, -0.2) is 30.9 Å². The number of aromatic amines is 2. The first-order valence-electron chi connectivity index (χ1n) is 10.1. The maximum Gasteiger partial charge on any atom is 0.239 e. The van der Waals surface area contributed by atoms with E-state index in [1.807, 2.05) is 55.8 Å². The lowest BCUT2D eigenvalue weighted by Crippen LogP contribution is -3.10. The summed E-state index contributed by atoms with van der Waals surface area (Å²) < 4.78 is 0. The summed E-state index contributed by atoms with van der Waals surface area (Å²) in [6.45, 7) is 1.97. The van der Waals surface area contributed by atoms with Gasteiger partial charge in [0.1, 0.15) is 17.7 Å². The quantitative estimate of drug-likeness (QED) is 0.590. The number of aromatic nitrogens is 2. The van der Waals surface area contributed by atoms with E-state index in [0.717, 1.165) is 29.7 Å². The van der Waals surface area contributed by atoms with Crippen LogP contribution in [0, 0.1) is 0 Å². The number of carbonyl (C=O) groups is 1. The fourth-order valence-corrected chi connectivity index (χ4v) is 4.14. The summed E-state index contributed by atoms with van der Waals surface area (Å²) in [4.78, 5) is 21.3. The maximum absolute atomic E-state index is 13.6. The van der Waals surface area contributed by atoms with Crippen molar-refractivity contribution < 1.29 is 14.7 Å². The number of likely N-dealkylation sites (N-methyl/N-ethyl adjacent to an activating group) is 1. The number of rotatable bonds is 9. The lowest BCUT2D eigenvalue weighted by atomic mass is 9.66. The highest BCUT2D eigenvalue weighted by molar-refractivity contribution is 5.93. The van der Waals surface area contributed by atoms with E-state index in [1.165, 1.54) is 4.90 Å². The second-order valence-electron chi connectivity index (χ2n) is 7.72. The van der Waals surface area contributed by atoms with E-state index in [9.17, 15) is 4.79 Å². The van der Waals surface area contributed by atoms with Crippen LogP contribution in [0.5, 0.6) is 0 Å². The summed E-state index contributed by atoms with van der Waals surface area (Å²) in [5, 5.41) is 0. The van der Waals surface area contributed by atoms with Crippen LogP contribution in [0.3, 0.4) is 0 Å². The molecular weight excluding hydrogens is 346 g/mol. The number of carbonyl (C=O) groups excluding carboxylic acids is 1. The van der Waals surface area contributed by atoms with Gasteiger partial charge in [0, 0.05) is 12.8 Å². The number of benzene rings is 2. The van der Waals surface area contributed by atoms with Crippen LogP contribution in [0.1, 0.15) is 36.6 Å². The molecule has 4 nitrogen and oxygen atoms in total. The molecule has 146 valence electrons. The van der Waals surface area contributed by atoms with Crippen LogP contribution in [0.25, 0.3) is 0 Å². The van der Waals surface area contributed by atoms with Crippen molar-refractivity contribution in [2.24, 2.45) is 0 Å². The molecule has 0 aliphatic carbocycles. The molecule has 1 aromatic heterocycles. The molecule has 0 aliphatic heterocycles. The first kappa shape index (κ1) is 20.0. The Bertz CT molecular complexity index is 818. The van der Waals surface area contributed by atoms with Gasteiger partial charge in [0.2, 0.25) is 6.33 Å². The summed E-state index contributed by atoms with van der Waals surface area (Å²) in [6.07, 6.45) is 6.00. The number of imidazole rings is 1. The molecule has 0 amide bonds. The molecular formula is C24H31N3O+2. The lowest BCUT2D eigenvalue weighted by molar-refractivity contribution is -0.886. The average Bonchev–Trinajstić information content (AvgIpc) is 3.25.